The van der Waals surface area contributed by atoms with Crippen LogP contribution in [0.4, 0.5) is 5.82 Å². The molecule has 0 saturated heterocycles. The van der Waals surface area contributed by atoms with Crippen molar-refractivity contribution in [3.05, 3.63) is 48.4 Å². The van der Waals surface area contributed by atoms with Gasteiger partial charge < -0.3 is 10.4 Å². The zero-order valence-corrected chi connectivity index (χ0v) is 9.59. The SMILES string of the molecule is Oc1ccc2ccnc(NCc3cn[nH]c3)c2c1. The molecule has 1 aromatic carbocycles. The van der Waals surface area contributed by atoms with E-state index in [4.69, 9.17) is 0 Å². The maximum atomic E-state index is 9.54. The Morgan fingerprint density at radius 3 is 3.06 bits per heavy atom. The van der Waals surface area contributed by atoms with E-state index in [0.29, 0.717) is 6.54 Å². The summed E-state index contributed by atoms with van der Waals surface area (Å²) in [5, 5.41) is 21.4. The number of anilines is 1. The number of nitrogens with one attached hydrogen (secondary N) is 2. The summed E-state index contributed by atoms with van der Waals surface area (Å²) in [5.41, 5.74) is 1.05. The van der Waals surface area contributed by atoms with Crippen LogP contribution in [0.2, 0.25) is 0 Å². The molecule has 0 fully saturated rings. The molecule has 3 N–H and O–H groups in total. The number of hydrogen-bond donors (Lipinski definition) is 3. The predicted octanol–water partition coefficient (Wildman–Crippen LogP) is 2.28. The van der Waals surface area contributed by atoms with Gasteiger partial charge in [-0.1, -0.05) is 6.07 Å². The fourth-order valence-electron chi connectivity index (χ4n) is 1.86. The number of H-pyrrole nitrogens is 1. The van der Waals surface area contributed by atoms with Crippen LogP contribution in [0.3, 0.4) is 0 Å². The van der Waals surface area contributed by atoms with Crippen LogP contribution in [-0.4, -0.2) is 20.3 Å². The van der Waals surface area contributed by atoms with Crippen molar-refractivity contribution in [3.8, 4) is 5.75 Å². The van der Waals surface area contributed by atoms with Crippen molar-refractivity contribution in [2.75, 3.05) is 5.32 Å². The van der Waals surface area contributed by atoms with Crippen LogP contribution in [0.1, 0.15) is 5.56 Å². The van der Waals surface area contributed by atoms with E-state index >= 15 is 0 Å². The summed E-state index contributed by atoms with van der Waals surface area (Å²) in [4.78, 5) is 4.29. The smallest absolute Gasteiger partial charge is 0.134 e. The molecule has 0 amide bonds. The Kier molecular flexibility index (Phi) is 2.57. The second kappa shape index (κ2) is 4.37. The summed E-state index contributed by atoms with van der Waals surface area (Å²) in [6, 6.07) is 7.16. The molecule has 0 aliphatic carbocycles. The summed E-state index contributed by atoms with van der Waals surface area (Å²) in [6.07, 6.45) is 5.34. The monoisotopic (exact) mass is 240 g/mol. The second-order valence-corrected chi connectivity index (χ2v) is 4.03. The standard InChI is InChI=1S/C13H12N4O/c18-11-2-1-10-3-4-14-13(12(10)5-11)15-6-9-7-16-17-8-9/h1-5,7-8,18H,6H2,(H,14,15)(H,16,17). The van der Waals surface area contributed by atoms with Gasteiger partial charge in [0, 0.05) is 29.9 Å². The first kappa shape index (κ1) is 10.6. The molecule has 0 aliphatic heterocycles. The third kappa shape index (κ3) is 1.98. The van der Waals surface area contributed by atoms with Crippen LogP contribution in [0, 0.1) is 0 Å². The Morgan fingerprint density at radius 1 is 1.28 bits per heavy atom. The number of phenols is 1. The molecular formula is C13H12N4O. The number of aromatic amines is 1. The van der Waals surface area contributed by atoms with Crippen molar-refractivity contribution in [1.82, 2.24) is 15.2 Å². The molecule has 0 spiro atoms. The van der Waals surface area contributed by atoms with E-state index in [9.17, 15) is 5.11 Å². The van der Waals surface area contributed by atoms with E-state index in [1.807, 2.05) is 18.3 Å². The van der Waals surface area contributed by atoms with Gasteiger partial charge in [-0.2, -0.15) is 5.10 Å². The van der Waals surface area contributed by atoms with Crippen LogP contribution in [0.15, 0.2) is 42.9 Å². The van der Waals surface area contributed by atoms with Gasteiger partial charge in [-0.05, 0) is 23.6 Å². The minimum absolute atomic E-state index is 0.238. The molecule has 5 heteroatoms. The number of fused-ring (bicyclic) bond motifs is 1. The van der Waals surface area contributed by atoms with Gasteiger partial charge in [-0.3, -0.25) is 5.10 Å². The van der Waals surface area contributed by atoms with Gasteiger partial charge in [0.1, 0.15) is 11.6 Å². The molecule has 0 unspecified atom stereocenters. The Hall–Kier alpha value is -2.56. The molecule has 0 atom stereocenters. The molecule has 3 aromatic rings. The molecule has 18 heavy (non-hydrogen) atoms. The fourth-order valence-corrected chi connectivity index (χ4v) is 1.86. The highest BCUT2D eigenvalue weighted by Gasteiger charge is 2.03. The van der Waals surface area contributed by atoms with E-state index in [1.54, 1.807) is 24.5 Å². The van der Waals surface area contributed by atoms with E-state index in [0.717, 1.165) is 22.2 Å². The zero-order chi connectivity index (χ0) is 12.4. The molecular weight excluding hydrogens is 228 g/mol. The van der Waals surface area contributed by atoms with Crippen LogP contribution in [0.25, 0.3) is 10.8 Å². The highest BCUT2D eigenvalue weighted by atomic mass is 16.3. The molecule has 0 aliphatic rings. The normalized spacial score (nSPS) is 10.7. The van der Waals surface area contributed by atoms with Crippen LogP contribution in [0.5, 0.6) is 5.75 Å². The Labute approximate surface area is 103 Å². The molecule has 2 aromatic heterocycles. The first-order valence-corrected chi connectivity index (χ1v) is 5.62. The van der Waals surface area contributed by atoms with Crippen molar-refractivity contribution < 1.29 is 5.11 Å². The van der Waals surface area contributed by atoms with Crippen molar-refractivity contribution >= 4 is 16.6 Å². The van der Waals surface area contributed by atoms with Gasteiger partial charge >= 0.3 is 0 Å². The first-order chi connectivity index (χ1) is 8.83. The second-order valence-electron chi connectivity index (χ2n) is 4.03. The Balaban J connectivity index is 1.93. The van der Waals surface area contributed by atoms with Gasteiger partial charge in [0.25, 0.3) is 0 Å². The highest BCUT2D eigenvalue weighted by Crippen LogP contribution is 2.25. The van der Waals surface area contributed by atoms with Gasteiger partial charge in [0.2, 0.25) is 0 Å². The summed E-state index contributed by atoms with van der Waals surface area (Å²) in [7, 11) is 0. The molecule has 0 bridgehead atoms. The van der Waals surface area contributed by atoms with E-state index in [-0.39, 0.29) is 5.75 Å². The maximum absolute atomic E-state index is 9.54. The van der Waals surface area contributed by atoms with Gasteiger partial charge in [-0.25, -0.2) is 4.98 Å². The molecule has 90 valence electrons. The van der Waals surface area contributed by atoms with Gasteiger partial charge in [0.15, 0.2) is 0 Å². The first-order valence-electron chi connectivity index (χ1n) is 5.62. The van der Waals surface area contributed by atoms with E-state index in [2.05, 4.69) is 20.5 Å². The zero-order valence-electron chi connectivity index (χ0n) is 9.59. The number of aromatic nitrogens is 3. The average molecular weight is 240 g/mol. The number of pyridine rings is 1. The average Bonchev–Trinajstić information content (AvgIpc) is 2.89. The third-order valence-corrected chi connectivity index (χ3v) is 2.76. The van der Waals surface area contributed by atoms with Crippen molar-refractivity contribution in [3.63, 3.8) is 0 Å². The number of aromatic hydroxyl groups is 1. The fraction of sp³-hybridized carbons (Fsp3) is 0.0769. The van der Waals surface area contributed by atoms with Crippen molar-refractivity contribution in [1.29, 1.82) is 0 Å². The van der Waals surface area contributed by atoms with Crippen molar-refractivity contribution in [2.45, 2.75) is 6.54 Å². The van der Waals surface area contributed by atoms with E-state index < -0.39 is 0 Å². The number of phenolic OH excluding ortho intramolecular Hbond substituents is 1. The quantitative estimate of drug-likeness (QED) is 0.656. The Bertz CT molecular complexity index is 664. The highest BCUT2D eigenvalue weighted by molar-refractivity contribution is 5.92. The summed E-state index contributed by atoms with van der Waals surface area (Å²) in [5.74, 6) is 0.992. The largest absolute Gasteiger partial charge is 0.508 e. The lowest BCUT2D eigenvalue weighted by Gasteiger charge is -2.07. The van der Waals surface area contributed by atoms with Crippen LogP contribution >= 0.6 is 0 Å². The van der Waals surface area contributed by atoms with Crippen LogP contribution in [-0.2, 0) is 6.54 Å². The predicted molar refractivity (Wildman–Crippen MR) is 69.3 cm³/mol. The van der Waals surface area contributed by atoms with Gasteiger partial charge in [-0.15, -0.1) is 0 Å². The number of hydrogen-bond acceptors (Lipinski definition) is 4. The van der Waals surface area contributed by atoms with Crippen LogP contribution < -0.4 is 5.32 Å². The molecule has 5 nitrogen and oxygen atoms in total. The number of rotatable bonds is 3. The van der Waals surface area contributed by atoms with Crippen molar-refractivity contribution in [2.24, 2.45) is 0 Å². The summed E-state index contributed by atoms with van der Waals surface area (Å²) < 4.78 is 0. The molecule has 3 rings (SSSR count). The number of nitrogens with zero attached hydrogens (tertiary/aromatic N) is 2. The maximum Gasteiger partial charge on any atom is 0.134 e. The summed E-state index contributed by atoms with van der Waals surface area (Å²) >= 11 is 0. The van der Waals surface area contributed by atoms with Gasteiger partial charge in [0.05, 0.1) is 6.20 Å². The molecule has 0 saturated carbocycles. The number of benzene rings is 1. The summed E-state index contributed by atoms with van der Waals surface area (Å²) in [6.45, 7) is 0.637. The molecule has 0 radical (unpaired) electrons. The Morgan fingerprint density at radius 2 is 2.22 bits per heavy atom. The topological polar surface area (TPSA) is 73.8 Å². The lowest BCUT2D eigenvalue weighted by atomic mass is 10.1. The minimum atomic E-state index is 0.238. The van der Waals surface area contributed by atoms with E-state index in [1.165, 1.54) is 0 Å². The minimum Gasteiger partial charge on any atom is -0.508 e. The molecule has 2 heterocycles. The lowest BCUT2D eigenvalue weighted by Crippen LogP contribution is -2.00. The third-order valence-electron chi connectivity index (χ3n) is 2.76. The lowest BCUT2D eigenvalue weighted by molar-refractivity contribution is 0.476.